The number of ether oxygens (including phenoxy) is 2. The average Bonchev–Trinajstić information content (AvgIpc) is 2.35. The Morgan fingerprint density at radius 3 is 2.59 bits per heavy atom. The molecule has 0 unspecified atom stereocenters. The summed E-state index contributed by atoms with van der Waals surface area (Å²) in [6, 6.07) is 5.85. The van der Waals surface area contributed by atoms with Crippen molar-refractivity contribution in [1.82, 2.24) is 4.98 Å². The van der Waals surface area contributed by atoms with E-state index in [-0.39, 0.29) is 0 Å². The molecule has 88 valence electrons. The molecule has 0 aliphatic carbocycles. The highest BCUT2D eigenvalue weighted by molar-refractivity contribution is 5.85. The Morgan fingerprint density at radius 2 is 1.88 bits per heavy atom. The largest absolute Gasteiger partial charge is 0.486 e. The van der Waals surface area contributed by atoms with E-state index in [1.165, 1.54) is 0 Å². The predicted octanol–water partition coefficient (Wildman–Crippen LogP) is 1.60. The van der Waals surface area contributed by atoms with Gasteiger partial charge in [0.15, 0.2) is 11.5 Å². The van der Waals surface area contributed by atoms with Crippen LogP contribution in [0.1, 0.15) is 5.56 Å². The van der Waals surface area contributed by atoms with E-state index < -0.39 is 0 Å². The molecule has 0 fully saturated rings. The van der Waals surface area contributed by atoms with Crippen LogP contribution in [0.4, 0.5) is 5.82 Å². The number of nitrogens with zero attached hydrogens (tertiary/aromatic N) is 1. The van der Waals surface area contributed by atoms with Crippen molar-refractivity contribution in [1.29, 1.82) is 0 Å². The molecule has 2 aromatic rings. The highest BCUT2D eigenvalue weighted by atomic mass is 16.6. The smallest absolute Gasteiger partial charge is 0.163 e. The first-order chi connectivity index (χ1) is 8.28. The van der Waals surface area contributed by atoms with Gasteiger partial charge in [0, 0.05) is 11.5 Å². The second-order valence-electron chi connectivity index (χ2n) is 3.99. The van der Waals surface area contributed by atoms with Crippen LogP contribution in [-0.4, -0.2) is 18.2 Å². The molecule has 0 atom stereocenters. The Balaban J connectivity index is 2.23. The SMILES string of the molecule is Cc1cc2cc3c(cc2nc1NN)OCCO3. The predicted molar refractivity (Wildman–Crippen MR) is 65.3 cm³/mol. The number of benzene rings is 1. The Kier molecular flexibility index (Phi) is 2.26. The highest BCUT2D eigenvalue weighted by Crippen LogP contribution is 2.34. The summed E-state index contributed by atoms with van der Waals surface area (Å²) < 4.78 is 11.1. The molecule has 5 nitrogen and oxygen atoms in total. The molecule has 1 aromatic carbocycles. The van der Waals surface area contributed by atoms with E-state index >= 15 is 0 Å². The van der Waals surface area contributed by atoms with Gasteiger partial charge in [-0.15, -0.1) is 0 Å². The third-order valence-electron chi connectivity index (χ3n) is 2.81. The number of anilines is 1. The van der Waals surface area contributed by atoms with Gasteiger partial charge in [0.2, 0.25) is 0 Å². The maximum absolute atomic E-state index is 5.53. The number of aromatic nitrogens is 1. The molecule has 0 amide bonds. The van der Waals surface area contributed by atoms with Crippen LogP contribution in [0, 0.1) is 6.92 Å². The summed E-state index contributed by atoms with van der Waals surface area (Å²) in [4.78, 5) is 4.43. The van der Waals surface area contributed by atoms with Gasteiger partial charge in [-0.3, -0.25) is 0 Å². The molecule has 3 rings (SSSR count). The third kappa shape index (κ3) is 1.64. The van der Waals surface area contributed by atoms with Crippen LogP contribution in [0.2, 0.25) is 0 Å². The van der Waals surface area contributed by atoms with Crippen molar-refractivity contribution in [2.24, 2.45) is 5.84 Å². The number of nitrogen functional groups attached to an aromatic ring is 1. The minimum Gasteiger partial charge on any atom is -0.486 e. The Hall–Kier alpha value is -2.01. The van der Waals surface area contributed by atoms with Crippen LogP contribution >= 0.6 is 0 Å². The van der Waals surface area contributed by atoms with Crippen molar-refractivity contribution < 1.29 is 9.47 Å². The normalized spacial score (nSPS) is 13.8. The van der Waals surface area contributed by atoms with Gasteiger partial charge in [-0.05, 0) is 24.6 Å². The lowest BCUT2D eigenvalue weighted by Crippen LogP contribution is -2.15. The van der Waals surface area contributed by atoms with Crippen molar-refractivity contribution in [3.8, 4) is 11.5 Å². The molecule has 1 aromatic heterocycles. The molecular formula is C12H13N3O2. The fraction of sp³-hybridized carbons (Fsp3) is 0.250. The summed E-state index contributed by atoms with van der Waals surface area (Å²) >= 11 is 0. The van der Waals surface area contributed by atoms with Crippen LogP contribution < -0.4 is 20.7 Å². The van der Waals surface area contributed by atoms with E-state index in [2.05, 4.69) is 10.4 Å². The van der Waals surface area contributed by atoms with Gasteiger partial charge < -0.3 is 14.9 Å². The Bertz CT molecular complexity index is 583. The topological polar surface area (TPSA) is 69.4 Å². The Morgan fingerprint density at radius 1 is 1.18 bits per heavy atom. The molecule has 0 radical (unpaired) electrons. The van der Waals surface area contributed by atoms with Gasteiger partial charge in [0.05, 0.1) is 5.52 Å². The maximum Gasteiger partial charge on any atom is 0.163 e. The zero-order valence-corrected chi connectivity index (χ0v) is 9.49. The minimum atomic E-state index is 0.576. The van der Waals surface area contributed by atoms with Gasteiger partial charge in [-0.2, -0.15) is 0 Å². The lowest BCUT2D eigenvalue weighted by atomic mass is 10.1. The van der Waals surface area contributed by atoms with Crippen LogP contribution in [0.15, 0.2) is 18.2 Å². The molecule has 5 heteroatoms. The molecule has 0 spiro atoms. The number of aryl methyl sites for hydroxylation is 1. The highest BCUT2D eigenvalue weighted by Gasteiger charge is 2.13. The summed E-state index contributed by atoms with van der Waals surface area (Å²) in [5.41, 5.74) is 4.42. The van der Waals surface area contributed by atoms with Gasteiger partial charge in [0.1, 0.15) is 19.0 Å². The first kappa shape index (κ1) is 10.2. The zero-order chi connectivity index (χ0) is 11.8. The van der Waals surface area contributed by atoms with E-state index in [9.17, 15) is 0 Å². The maximum atomic E-state index is 5.53. The van der Waals surface area contributed by atoms with Crippen molar-refractivity contribution in [2.75, 3.05) is 18.6 Å². The summed E-state index contributed by atoms with van der Waals surface area (Å²) in [7, 11) is 0. The molecule has 0 saturated carbocycles. The molecule has 1 aliphatic heterocycles. The van der Waals surface area contributed by atoms with Crippen molar-refractivity contribution in [3.63, 3.8) is 0 Å². The number of hydrogen-bond acceptors (Lipinski definition) is 5. The second-order valence-corrected chi connectivity index (χ2v) is 3.99. The minimum absolute atomic E-state index is 0.576. The van der Waals surface area contributed by atoms with Crippen LogP contribution in [0.5, 0.6) is 11.5 Å². The third-order valence-corrected chi connectivity index (χ3v) is 2.81. The quantitative estimate of drug-likeness (QED) is 0.576. The number of pyridine rings is 1. The number of rotatable bonds is 1. The van der Waals surface area contributed by atoms with E-state index in [1.807, 2.05) is 25.1 Å². The fourth-order valence-corrected chi connectivity index (χ4v) is 1.96. The lowest BCUT2D eigenvalue weighted by molar-refractivity contribution is 0.172. The van der Waals surface area contributed by atoms with Gasteiger partial charge in [-0.1, -0.05) is 0 Å². The number of hydrogen-bond donors (Lipinski definition) is 2. The molecule has 2 heterocycles. The average molecular weight is 231 g/mol. The van der Waals surface area contributed by atoms with Crippen LogP contribution in [-0.2, 0) is 0 Å². The second kappa shape index (κ2) is 3.78. The van der Waals surface area contributed by atoms with Crippen molar-refractivity contribution >= 4 is 16.7 Å². The lowest BCUT2D eigenvalue weighted by Gasteiger charge is -2.19. The standard InChI is InChI=1S/C12H13N3O2/c1-7-4-8-5-10-11(17-3-2-16-10)6-9(8)14-12(7)15-13/h4-6H,2-3,13H2,1H3,(H,14,15). The van der Waals surface area contributed by atoms with Gasteiger partial charge >= 0.3 is 0 Å². The number of hydrazine groups is 1. The van der Waals surface area contributed by atoms with E-state index in [1.54, 1.807) is 0 Å². The number of nitrogens with two attached hydrogens (primary N) is 1. The summed E-state index contributed by atoms with van der Waals surface area (Å²) in [6.45, 7) is 3.12. The number of nitrogens with one attached hydrogen (secondary N) is 1. The molecular weight excluding hydrogens is 218 g/mol. The first-order valence-electron chi connectivity index (χ1n) is 5.45. The van der Waals surface area contributed by atoms with Gasteiger partial charge in [0.25, 0.3) is 0 Å². The molecule has 3 N–H and O–H groups in total. The van der Waals surface area contributed by atoms with Crippen LogP contribution in [0.25, 0.3) is 10.9 Å². The summed E-state index contributed by atoms with van der Waals surface area (Å²) in [5, 5.41) is 1.02. The van der Waals surface area contributed by atoms with Crippen molar-refractivity contribution in [3.05, 3.63) is 23.8 Å². The van der Waals surface area contributed by atoms with E-state index in [0.29, 0.717) is 19.0 Å². The first-order valence-corrected chi connectivity index (χ1v) is 5.45. The van der Waals surface area contributed by atoms with Crippen LogP contribution in [0.3, 0.4) is 0 Å². The summed E-state index contributed by atoms with van der Waals surface area (Å²) in [5.74, 6) is 7.60. The van der Waals surface area contributed by atoms with E-state index in [0.717, 1.165) is 28.0 Å². The zero-order valence-electron chi connectivity index (χ0n) is 9.49. The molecule has 0 bridgehead atoms. The van der Waals surface area contributed by atoms with Crippen molar-refractivity contribution in [2.45, 2.75) is 6.92 Å². The molecule has 0 saturated heterocycles. The Labute approximate surface area is 98.5 Å². The fourth-order valence-electron chi connectivity index (χ4n) is 1.96. The van der Waals surface area contributed by atoms with E-state index in [4.69, 9.17) is 15.3 Å². The number of fused-ring (bicyclic) bond motifs is 2. The molecule has 17 heavy (non-hydrogen) atoms. The summed E-state index contributed by atoms with van der Waals surface area (Å²) in [6.07, 6.45) is 0. The monoisotopic (exact) mass is 231 g/mol. The molecule has 1 aliphatic rings. The van der Waals surface area contributed by atoms with Gasteiger partial charge in [-0.25, -0.2) is 10.8 Å².